The first kappa shape index (κ1) is 21.3. The van der Waals surface area contributed by atoms with Gasteiger partial charge in [0.05, 0.1) is 22.4 Å². The number of anilines is 1. The van der Waals surface area contributed by atoms with Gasteiger partial charge in [-0.3, -0.25) is 9.78 Å². The van der Waals surface area contributed by atoms with E-state index in [2.05, 4.69) is 16.9 Å². The Morgan fingerprint density at radius 3 is 2.45 bits per heavy atom. The number of aromatic nitrogens is 2. The molecule has 1 saturated heterocycles. The molecule has 1 aliphatic rings. The maximum Gasteiger partial charge on any atom is 0.260 e. The van der Waals surface area contributed by atoms with Gasteiger partial charge in [-0.1, -0.05) is 25.5 Å². The molecule has 1 aromatic heterocycles. The molecule has 3 aromatic rings. The summed E-state index contributed by atoms with van der Waals surface area (Å²) in [5.41, 5.74) is 0.425. The smallest absolute Gasteiger partial charge is 0.260 e. The number of ether oxygens (including phenoxy) is 1. The summed E-state index contributed by atoms with van der Waals surface area (Å²) < 4.78 is 33.1. The summed E-state index contributed by atoms with van der Waals surface area (Å²) in [5, 5.41) is 0.537. The lowest BCUT2D eigenvalue weighted by Crippen LogP contribution is -2.49. The average Bonchev–Trinajstić information content (AvgIpc) is 2.80. The molecule has 0 bridgehead atoms. The van der Waals surface area contributed by atoms with E-state index in [9.17, 15) is 13.2 Å². The first-order valence-electron chi connectivity index (χ1n) is 10.5. The highest BCUT2D eigenvalue weighted by molar-refractivity contribution is 7.89. The molecule has 31 heavy (non-hydrogen) atoms. The lowest BCUT2D eigenvalue weighted by molar-refractivity contribution is 0.309. The number of nitrogens with one attached hydrogen (secondary N) is 1. The number of aromatic amines is 1. The quantitative estimate of drug-likeness (QED) is 0.565. The molecule has 0 spiro atoms. The van der Waals surface area contributed by atoms with Crippen LogP contribution in [-0.4, -0.2) is 55.5 Å². The fraction of sp³-hybridized carbons (Fsp3) is 0.364. The van der Waals surface area contributed by atoms with Crippen LogP contribution in [-0.2, 0) is 10.0 Å². The molecule has 0 saturated carbocycles. The van der Waals surface area contributed by atoms with E-state index in [0.717, 1.165) is 12.8 Å². The molecule has 4 rings (SSSR count). The SMILES string of the molecule is CCCCOc1ccc(S(=O)(=O)N2CCN(c3nc4ccccc4c(=O)[nH]3)CC2)cc1. The number of rotatable bonds is 7. The van der Waals surface area contributed by atoms with E-state index in [1.54, 1.807) is 42.5 Å². The summed E-state index contributed by atoms with van der Waals surface area (Å²) in [6.07, 6.45) is 2.00. The van der Waals surface area contributed by atoms with Crippen LogP contribution in [0.2, 0.25) is 0 Å². The van der Waals surface area contributed by atoms with Crippen molar-refractivity contribution in [3.8, 4) is 5.75 Å². The van der Waals surface area contributed by atoms with Gasteiger partial charge in [-0.15, -0.1) is 0 Å². The van der Waals surface area contributed by atoms with Gasteiger partial charge in [0.15, 0.2) is 0 Å². The van der Waals surface area contributed by atoms with Crippen LogP contribution in [0.25, 0.3) is 10.9 Å². The molecule has 0 radical (unpaired) electrons. The first-order valence-corrected chi connectivity index (χ1v) is 11.9. The Morgan fingerprint density at radius 1 is 1.03 bits per heavy atom. The lowest BCUT2D eigenvalue weighted by Gasteiger charge is -2.34. The predicted molar refractivity (Wildman–Crippen MR) is 120 cm³/mol. The van der Waals surface area contributed by atoms with E-state index < -0.39 is 10.0 Å². The molecular formula is C22H26N4O4S. The number of H-pyrrole nitrogens is 1. The minimum Gasteiger partial charge on any atom is -0.494 e. The zero-order chi connectivity index (χ0) is 21.8. The Bertz CT molecular complexity index is 1200. The fourth-order valence-electron chi connectivity index (χ4n) is 3.56. The van der Waals surface area contributed by atoms with Crippen LogP contribution in [0.5, 0.6) is 5.75 Å². The second kappa shape index (κ2) is 9.07. The van der Waals surface area contributed by atoms with Crippen molar-refractivity contribution in [3.05, 3.63) is 58.9 Å². The largest absolute Gasteiger partial charge is 0.494 e. The van der Waals surface area contributed by atoms with Gasteiger partial charge in [0.25, 0.3) is 5.56 Å². The number of hydrogen-bond donors (Lipinski definition) is 1. The number of benzene rings is 2. The Labute approximate surface area is 181 Å². The van der Waals surface area contributed by atoms with Crippen molar-refractivity contribution < 1.29 is 13.2 Å². The van der Waals surface area contributed by atoms with E-state index in [1.165, 1.54) is 4.31 Å². The third kappa shape index (κ3) is 4.57. The second-order valence-electron chi connectivity index (χ2n) is 7.47. The zero-order valence-electron chi connectivity index (χ0n) is 17.5. The number of fused-ring (bicyclic) bond motifs is 1. The molecule has 9 heteroatoms. The molecule has 0 amide bonds. The standard InChI is InChI=1S/C22H26N4O4S/c1-2-3-16-30-17-8-10-18(11-9-17)31(28,29)26-14-12-25(13-15-26)22-23-20-7-5-4-6-19(20)21(27)24-22/h4-11H,2-3,12-16H2,1H3,(H,23,24,27). The maximum atomic E-state index is 13.0. The minimum absolute atomic E-state index is 0.197. The fourth-order valence-corrected chi connectivity index (χ4v) is 4.98. The van der Waals surface area contributed by atoms with Crippen LogP contribution in [0.3, 0.4) is 0 Å². The van der Waals surface area contributed by atoms with Crippen LogP contribution >= 0.6 is 0 Å². The minimum atomic E-state index is -3.59. The molecule has 1 N–H and O–H groups in total. The molecule has 0 unspecified atom stereocenters. The average molecular weight is 443 g/mol. The highest BCUT2D eigenvalue weighted by atomic mass is 32.2. The van der Waals surface area contributed by atoms with Crippen molar-refractivity contribution >= 4 is 26.9 Å². The number of sulfonamides is 1. The monoisotopic (exact) mass is 442 g/mol. The van der Waals surface area contributed by atoms with Crippen LogP contribution in [0, 0.1) is 0 Å². The van der Waals surface area contributed by atoms with Gasteiger partial charge in [-0.25, -0.2) is 13.4 Å². The summed E-state index contributed by atoms with van der Waals surface area (Å²) in [6.45, 7) is 4.22. The van der Waals surface area contributed by atoms with Gasteiger partial charge < -0.3 is 9.64 Å². The van der Waals surface area contributed by atoms with Crippen LogP contribution < -0.4 is 15.2 Å². The second-order valence-corrected chi connectivity index (χ2v) is 9.41. The Hall–Kier alpha value is -2.91. The molecule has 2 heterocycles. The molecule has 0 atom stereocenters. The molecule has 2 aromatic carbocycles. The van der Waals surface area contributed by atoms with E-state index in [0.29, 0.717) is 55.4 Å². The van der Waals surface area contributed by atoms with Crippen molar-refractivity contribution in [1.29, 1.82) is 0 Å². The summed E-state index contributed by atoms with van der Waals surface area (Å²) in [6, 6.07) is 13.7. The summed E-state index contributed by atoms with van der Waals surface area (Å²) in [4.78, 5) is 21.8. The van der Waals surface area contributed by atoms with Crippen molar-refractivity contribution in [3.63, 3.8) is 0 Å². The summed E-state index contributed by atoms with van der Waals surface area (Å²) in [5.74, 6) is 1.14. The van der Waals surface area contributed by atoms with Crippen molar-refractivity contribution in [1.82, 2.24) is 14.3 Å². The Kier molecular flexibility index (Phi) is 6.24. The van der Waals surface area contributed by atoms with Gasteiger partial charge in [0.1, 0.15) is 5.75 Å². The number of nitrogens with zero attached hydrogens (tertiary/aromatic N) is 3. The zero-order valence-corrected chi connectivity index (χ0v) is 18.3. The van der Waals surface area contributed by atoms with Gasteiger partial charge in [-0.05, 0) is 42.8 Å². The Morgan fingerprint density at radius 2 is 1.74 bits per heavy atom. The number of hydrogen-bond acceptors (Lipinski definition) is 6. The third-order valence-corrected chi connectivity index (χ3v) is 7.28. The summed E-state index contributed by atoms with van der Waals surface area (Å²) >= 11 is 0. The summed E-state index contributed by atoms with van der Waals surface area (Å²) in [7, 11) is -3.59. The third-order valence-electron chi connectivity index (χ3n) is 5.37. The number of unbranched alkanes of at least 4 members (excludes halogenated alkanes) is 1. The molecule has 0 aliphatic carbocycles. The topological polar surface area (TPSA) is 95.6 Å². The van der Waals surface area contributed by atoms with Gasteiger partial charge >= 0.3 is 0 Å². The van der Waals surface area contributed by atoms with Crippen LogP contribution in [0.1, 0.15) is 19.8 Å². The predicted octanol–water partition coefficient (Wildman–Crippen LogP) is 2.61. The lowest BCUT2D eigenvalue weighted by atomic mass is 10.2. The van der Waals surface area contributed by atoms with Crippen molar-refractivity contribution in [2.24, 2.45) is 0 Å². The van der Waals surface area contributed by atoms with Crippen molar-refractivity contribution in [2.45, 2.75) is 24.7 Å². The maximum absolute atomic E-state index is 13.0. The molecule has 1 fully saturated rings. The highest BCUT2D eigenvalue weighted by Crippen LogP contribution is 2.22. The van der Waals surface area contributed by atoms with Gasteiger partial charge in [0.2, 0.25) is 16.0 Å². The Balaban J connectivity index is 1.44. The van der Waals surface area contributed by atoms with E-state index in [1.807, 2.05) is 11.0 Å². The molecule has 164 valence electrons. The van der Waals surface area contributed by atoms with E-state index >= 15 is 0 Å². The van der Waals surface area contributed by atoms with E-state index in [-0.39, 0.29) is 10.5 Å². The molecule has 1 aliphatic heterocycles. The first-order chi connectivity index (χ1) is 15.0. The van der Waals surface area contributed by atoms with Crippen LogP contribution in [0.15, 0.2) is 58.2 Å². The molecular weight excluding hydrogens is 416 g/mol. The van der Waals surface area contributed by atoms with Crippen molar-refractivity contribution in [2.75, 3.05) is 37.7 Å². The van der Waals surface area contributed by atoms with Crippen LogP contribution in [0.4, 0.5) is 5.95 Å². The van der Waals surface area contributed by atoms with Gasteiger partial charge in [0, 0.05) is 26.2 Å². The highest BCUT2D eigenvalue weighted by Gasteiger charge is 2.29. The number of para-hydroxylation sites is 1. The van der Waals surface area contributed by atoms with E-state index in [4.69, 9.17) is 4.74 Å². The number of piperazine rings is 1. The molecule has 8 nitrogen and oxygen atoms in total. The van der Waals surface area contributed by atoms with Gasteiger partial charge in [-0.2, -0.15) is 4.31 Å². The normalized spacial score (nSPS) is 15.3.